The van der Waals surface area contributed by atoms with Gasteiger partial charge in [0.15, 0.2) is 0 Å². The lowest BCUT2D eigenvalue weighted by Gasteiger charge is -2.29. The fraction of sp³-hybridized carbons (Fsp3) is 0.444. The van der Waals surface area contributed by atoms with E-state index in [-0.39, 0.29) is 11.9 Å². The van der Waals surface area contributed by atoms with Gasteiger partial charge in [-0.15, -0.1) is 0 Å². The Balaban J connectivity index is 2.23. The van der Waals surface area contributed by atoms with Gasteiger partial charge in [0.1, 0.15) is 11.9 Å². The quantitative estimate of drug-likeness (QED) is 0.822. The molecule has 1 aromatic heterocycles. The second kappa shape index (κ2) is 7.42. The monoisotopic (exact) mass is 314 g/mol. The molecule has 1 amide bonds. The smallest absolute Gasteiger partial charge is 0.244 e. The maximum Gasteiger partial charge on any atom is 0.244 e. The van der Waals surface area contributed by atoms with E-state index < -0.39 is 0 Å². The molecule has 5 heteroatoms. The van der Waals surface area contributed by atoms with Gasteiger partial charge in [0.2, 0.25) is 5.91 Å². The predicted octanol–water partition coefficient (Wildman–Crippen LogP) is 2.47. The van der Waals surface area contributed by atoms with Crippen molar-refractivity contribution in [3.8, 4) is 0 Å². The fourth-order valence-electron chi connectivity index (χ4n) is 2.80. The Kier molecular flexibility index (Phi) is 5.55. The largest absolute Gasteiger partial charge is 0.337 e. The highest BCUT2D eigenvalue weighted by Gasteiger charge is 2.27. The van der Waals surface area contributed by atoms with E-state index in [0.29, 0.717) is 6.54 Å². The molecule has 0 unspecified atom stereocenters. The van der Waals surface area contributed by atoms with Crippen LogP contribution in [0.1, 0.15) is 29.9 Å². The van der Waals surface area contributed by atoms with E-state index in [1.54, 1.807) is 11.1 Å². The number of carbonyl (C=O) groups is 1. The van der Waals surface area contributed by atoms with Crippen molar-refractivity contribution in [3.63, 3.8) is 0 Å². The first-order valence-electron chi connectivity index (χ1n) is 7.92. The highest BCUT2D eigenvalue weighted by atomic mass is 16.2. The summed E-state index contributed by atoms with van der Waals surface area (Å²) in [6.45, 7) is 5.48. The summed E-state index contributed by atoms with van der Waals surface area (Å²) < 4.78 is 2.06. The van der Waals surface area contributed by atoms with Gasteiger partial charge in [0.25, 0.3) is 0 Å². The van der Waals surface area contributed by atoms with Gasteiger partial charge >= 0.3 is 0 Å². The third-order valence-electron chi connectivity index (χ3n) is 4.13. The number of imidazole rings is 1. The number of likely N-dealkylation sites (N-methyl/N-ethyl adjacent to an activating group) is 2. The number of nitrogens with zero attached hydrogens (tertiary/aromatic N) is 4. The molecule has 0 aliphatic heterocycles. The number of hydrogen-bond donors (Lipinski definition) is 0. The van der Waals surface area contributed by atoms with Gasteiger partial charge in [-0.2, -0.15) is 0 Å². The van der Waals surface area contributed by atoms with Gasteiger partial charge in [-0.3, -0.25) is 9.69 Å². The zero-order chi connectivity index (χ0) is 17.0. The normalized spacial score (nSPS) is 12.4. The second-order valence-electron chi connectivity index (χ2n) is 6.05. The maximum atomic E-state index is 13.0. The van der Waals surface area contributed by atoms with Crippen LogP contribution in [-0.4, -0.2) is 46.4 Å². The summed E-state index contributed by atoms with van der Waals surface area (Å²) in [4.78, 5) is 21.1. The molecule has 5 nitrogen and oxygen atoms in total. The lowest BCUT2D eigenvalue weighted by molar-refractivity contribution is -0.135. The molecule has 0 aliphatic rings. The van der Waals surface area contributed by atoms with Crippen molar-refractivity contribution in [2.75, 3.05) is 21.1 Å². The molecule has 2 aromatic rings. The second-order valence-corrected chi connectivity index (χ2v) is 6.05. The van der Waals surface area contributed by atoms with E-state index in [1.165, 1.54) is 0 Å². The Hall–Kier alpha value is -2.14. The molecule has 1 aromatic carbocycles. The minimum Gasteiger partial charge on any atom is -0.337 e. The lowest BCUT2D eigenvalue weighted by atomic mass is 9.99. The summed E-state index contributed by atoms with van der Waals surface area (Å²) in [7, 11) is 5.72. The minimum atomic E-state index is -0.286. The summed E-state index contributed by atoms with van der Waals surface area (Å²) >= 11 is 0. The number of amides is 1. The average molecular weight is 314 g/mol. The van der Waals surface area contributed by atoms with Crippen LogP contribution in [0.5, 0.6) is 0 Å². The van der Waals surface area contributed by atoms with Gasteiger partial charge in [0, 0.05) is 26.0 Å². The summed E-state index contributed by atoms with van der Waals surface area (Å²) in [5.74, 6) is 0.987. The molecule has 0 aliphatic carbocycles. The van der Waals surface area contributed by atoms with E-state index in [2.05, 4.69) is 16.5 Å². The minimum absolute atomic E-state index is 0.0787. The van der Waals surface area contributed by atoms with Crippen molar-refractivity contribution in [3.05, 3.63) is 53.6 Å². The van der Waals surface area contributed by atoms with Crippen molar-refractivity contribution in [2.24, 2.45) is 0 Å². The summed E-state index contributed by atoms with van der Waals surface area (Å²) in [5.41, 5.74) is 2.18. The Morgan fingerprint density at radius 2 is 1.96 bits per heavy atom. The van der Waals surface area contributed by atoms with Crippen molar-refractivity contribution < 1.29 is 4.79 Å². The number of carbonyl (C=O) groups excluding carboxylic acids is 1. The van der Waals surface area contributed by atoms with Crippen LogP contribution in [-0.2, 0) is 17.9 Å². The number of hydrogen-bond acceptors (Lipinski definition) is 3. The molecule has 2 rings (SSSR count). The van der Waals surface area contributed by atoms with Crippen molar-refractivity contribution >= 4 is 5.91 Å². The molecule has 124 valence electrons. The third kappa shape index (κ3) is 3.79. The Morgan fingerprint density at radius 1 is 1.26 bits per heavy atom. The Bertz CT molecular complexity index is 663. The van der Waals surface area contributed by atoms with Crippen LogP contribution in [0.25, 0.3) is 0 Å². The molecule has 0 saturated carbocycles. The SMILES string of the molecule is CCn1ccnc1CN(C)C(=O)[C@@H](c1ccccc1C)N(C)C. The molecule has 23 heavy (non-hydrogen) atoms. The van der Waals surface area contributed by atoms with Crippen LogP contribution in [0.3, 0.4) is 0 Å². The molecular weight excluding hydrogens is 288 g/mol. The van der Waals surface area contributed by atoms with Crippen molar-refractivity contribution in [1.82, 2.24) is 19.4 Å². The Labute approximate surface area is 138 Å². The predicted molar refractivity (Wildman–Crippen MR) is 92.0 cm³/mol. The van der Waals surface area contributed by atoms with E-state index in [1.807, 2.05) is 63.4 Å². The average Bonchev–Trinajstić information content (AvgIpc) is 2.96. The summed E-state index contributed by atoms with van der Waals surface area (Å²) in [6.07, 6.45) is 3.72. The fourth-order valence-corrected chi connectivity index (χ4v) is 2.80. The zero-order valence-electron chi connectivity index (χ0n) is 14.7. The topological polar surface area (TPSA) is 41.4 Å². The van der Waals surface area contributed by atoms with Crippen LogP contribution in [0, 0.1) is 6.92 Å². The standard InChI is InChI=1S/C18H26N4O/c1-6-22-12-11-19-16(22)13-21(5)18(23)17(20(3)4)15-10-8-7-9-14(15)2/h7-12,17H,6,13H2,1-5H3/t17-/m1/s1. The maximum absolute atomic E-state index is 13.0. The van der Waals surface area contributed by atoms with Gasteiger partial charge in [-0.25, -0.2) is 4.98 Å². The molecule has 0 radical (unpaired) electrons. The molecular formula is C18H26N4O. The third-order valence-corrected chi connectivity index (χ3v) is 4.13. The first-order chi connectivity index (χ1) is 11.0. The van der Waals surface area contributed by atoms with Gasteiger partial charge in [-0.1, -0.05) is 24.3 Å². The first-order valence-corrected chi connectivity index (χ1v) is 7.92. The summed E-state index contributed by atoms with van der Waals surface area (Å²) in [5, 5.41) is 0. The van der Waals surface area contributed by atoms with Crippen LogP contribution in [0.2, 0.25) is 0 Å². The van der Waals surface area contributed by atoms with Crippen LogP contribution >= 0.6 is 0 Å². The van der Waals surface area contributed by atoms with Gasteiger partial charge < -0.3 is 9.47 Å². The summed E-state index contributed by atoms with van der Waals surface area (Å²) in [6, 6.07) is 7.77. The van der Waals surface area contributed by atoms with Crippen LogP contribution in [0.4, 0.5) is 0 Å². The van der Waals surface area contributed by atoms with Crippen molar-refractivity contribution in [2.45, 2.75) is 33.0 Å². The highest BCUT2D eigenvalue weighted by molar-refractivity contribution is 5.83. The molecule has 0 bridgehead atoms. The van der Waals surface area contributed by atoms with E-state index in [0.717, 1.165) is 23.5 Å². The Morgan fingerprint density at radius 3 is 2.57 bits per heavy atom. The van der Waals surface area contributed by atoms with Gasteiger partial charge in [0.05, 0.1) is 6.54 Å². The first kappa shape index (κ1) is 17.2. The molecule has 1 heterocycles. The number of aryl methyl sites for hydroxylation is 2. The molecule has 1 atom stereocenters. The molecule has 0 spiro atoms. The zero-order valence-corrected chi connectivity index (χ0v) is 14.7. The van der Waals surface area contributed by atoms with Crippen molar-refractivity contribution in [1.29, 1.82) is 0 Å². The van der Waals surface area contributed by atoms with Crippen LogP contribution in [0.15, 0.2) is 36.7 Å². The van der Waals surface area contributed by atoms with Gasteiger partial charge in [-0.05, 0) is 39.1 Å². The highest BCUT2D eigenvalue weighted by Crippen LogP contribution is 2.24. The molecule has 0 N–H and O–H groups in total. The van der Waals surface area contributed by atoms with E-state index in [9.17, 15) is 4.79 Å². The van der Waals surface area contributed by atoms with Crippen LogP contribution < -0.4 is 0 Å². The number of aromatic nitrogens is 2. The van der Waals surface area contributed by atoms with E-state index >= 15 is 0 Å². The van der Waals surface area contributed by atoms with E-state index in [4.69, 9.17) is 0 Å². The lowest BCUT2D eigenvalue weighted by Crippen LogP contribution is -2.38. The molecule has 0 saturated heterocycles. The molecule has 0 fully saturated rings. The number of rotatable bonds is 6. The number of benzene rings is 1.